The van der Waals surface area contributed by atoms with Crippen molar-refractivity contribution in [2.24, 2.45) is 0 Å². The zero-order valence-corrected chi connectivity index (χ0v) is 14.6. The highest BCUT2D eigenvalue weighted by molar-refractivity contribution is 7.80. The fraction of sp³-hybridized carbons (Fsp3) is 0.235. The van der Waals surface area contributed by atoms with Gasteiger partial charge in [-0.25, -0.2) is 0 Å². The third kappa shape index (κ3) is 5.53. The molecular formula is C17H19F3N4S. The number of nitrogen functional groups attached to an aromatic ring is 1. The molecule has 0 heterocycles. The summed E-state index contributed by atoms with van der Waals surface area (Å²) >= 11 is 5.17. The number of hydrogen-bond acceptors (Lipinski definition) is 3. The second-order valence-electron chi connectivity index (χ2n) is 5.71. The first-order valence-electron chi connectivity index (χ1n) is 7.44. The molecule has 0 atom stereocenters. The number of rotatable bonds is 4. The Morgan fingerprint density at radius 3 is 2.32 bits per heavy atom. The number of alkyl halides is 3. The van der Waals surface area contributed by atoms with Gasteiger partial charge in [0.25, 0.3) is 0 Å². The number of thiocarbonyl (C=S) groups is 1. The normalized spacial score (nSPS) is 11.1. The lowest BCUT2D eigenvalue weighted by Gasteiger charge is -2.18. The summed E-state index contributed by atoms with van der Waals surface area (Å²) in [6.07, 6.45) is -4.40. The van der Waals surface area contributed by atoms with Gasteiger partial charge in [0, 0.05) is 37.7 Å². The molecule has 2 rings (SSSR count). The molecule has 0 aromatic heterocycles. The summed E-state index contributed by atoms with van der Waals surface area (Å²) in [5.41, 5.74) is 7.25. The predicted molar refractivity (Wildman–Crippen MR) is 99.7 cm³/mol. The topological polar surface area (TPSA) is 53.3 Å². The zero-order chi connectivity index (χ0) is 18.6. The van der Waals surface area contributed by atoms with Crippen LogP contribution in [0.15, 0.2) is 42.5 Å². The summed E-state index contributed by atoms with van der Waals surface area (Å²) in [5.74, 6) is 0. The Morgan fingerprint density at radius 1 is 1.12 bits per heavy atom. The van der Waals surface area contributed by atoms with Crippen molar-refractivity contribution in [1.82, 2.24) is 5.32 Å². The summed E-state index contributed by atoms with van der Waals surface area (Å²) in [4.78, 5) is 1.63. The van der Waals surface area contributed by atoms with Gasteiger partial charge < -0.3 is 21.3 Å². The van der Waals surface area contributed by atoms with Crippen molar-refractivity contribution in [2.45, 2.75) is 12.7 Å². The van der Waals surface area contributed by atoms with Crippen molar-refractivity contribution in [1.29, 1.82) is 0 Å². The lowest BCUT2D eigenvalue weighted by atomic mass is 10.1. The predicted octanol–water partition coefficient (Wildman–Crippen LogP) is 3.84. The summed E-state index contributed by atoms with van der Waals surface area (Å²) in [5, 5.41) is 6.18. The number of nitrogens with zero attached hydrogens (tertiary/aromatic N) is 1. The molecule has 0 unspecified atom stereocenters. The molecule has 0 fully saturated rings. The minimum atomic E-state index is -4.40. The number of halogens is 3. The number of hydrogen-bond donors (Lipinski definition) is 3. The molecule has 0 saturated heterocycles. The van der Waals surface area contributed by atoms with Crippen LogP contribution in [0.2, 0.25) is 0 Å². The maximum absolute atomic E-state index is 13.0. The van der Waals surface area contributed by atoms with Crippen molar-refractivity contribution in [3.05, 3.63) is 53.6 Å². The van der Waals surface area contributed by atoms with Crippen LogP contribution in [0.4, 0.5) is 30.2 Å². The molecule has 0 radical (unpaired) electrons. The first-order chi connectivity index (χ1) is 11.6. The van der Waals surface area contributed by atoms with Crippen LogP contribution in [0.5, 0.6) is 0 Å². The van der Waals surface area contributed by atoms with Crippen molar-refractivity contribution < 1.29 is 13.2 Å². The molecule has 4 N–H and O–H groups in total. The Hall–Kier alpha value is -2.48. The van der Waals surface area contributed by atoms with Crippen molar-refractivity contribution >= 4 is 34.4 Å². The second-order valence-corrected chi connectivity index (χ2v) is 6.12. The molecule has 8 heteroatoms. The van der Waals surface area contributed by atoms with Crippen LogP contribution >= 0.6 is 12.2 Å². The molecule has 2 aromatic carbocycles. The largest absolute Gasteiger partial charge is 0.416 e. The van der Waals surface area contributed by atoms with E-state index < -0.39 is 11.7 Å². The number of anilines is 3. The highest BCUT2D eigenvalue weighted by Crippen LogP contribution is 2.32. The molecule has 0 amide bonds. The van der Waals surface area contributed by atoms with Gasteiger partial charge in [-0.05, 0) is 60.2 Å². The summed E-state index contributed by atoms with van der Waals surface area (Å²) in [7, 11) is 3.39. The fourth-order valence-corrected chi connectivity index (χ4v) is 2.31. The highest BCUT2D eigenvalue weighted by Gasteiger charge is 2.31. The quantitative estimate of drug-likeness (QED) is 0.566. The van der Waals surface area contributed by atoms with E-state index in [9.17, 15) is 13.2 Å². The molecule has 134 valence electrons. The third-order valence-corrected chi connectivity index (χ3v) is 3.69. The van der Waals surface area contributed by atoms with Crippen molar-refractivity contribution in [3.8, 4) is 0 Å². The Balaban J connectivity index is 2.07. The molecule has 0 spiro atoms. The first-order valence-corrected chi connectivity index (χ1v) is 7.85. The average Bonchev–Trinajstić information content (AvgIpc) is 2.54. The number of nitrogens with two attached hydrogens (primary N) is 1. The first kappa shape index (κ1) is 18.9. The van der Waals surface area contributed by atoms with Crippen LogP contribution in [0.3, 0.4) is 0 Å². The lowest BCUT2D eigenvalue weighted by Crippen LogP contribution is -2.28. The molecule has 4 nitrogen and oxygen atoms in total. The highest BCUT2D eigenvalue weighted by atomic mass is 32.1. The average molecular weight is 368 g/mol. The molecule has 2 aromatic rings. The molecule has 0 bridgehead atoms. The van der Waals surface area contributed by atoms with Gasteiger partial charge in [0.05, 0.1) is 5.56 Å². The Kier molecular flexibility index (Phi) is 5.73. The molecule has 0 aliphatic rings. The van der Waals surface area contributed by atoms with Gasteiger partial charge >= 0.3 is 6.18 Å². The van der Waals surface area contributed by atoms with Crippen LogP contribution in [0, 0.1) is 0 Å². The van der Waals surface area contributed by atoms with Gasteiger partial charge in [-0.3, -0.25) is 0 Å². The standard InChI is InChI=1S/C17H19F3N4S/c1-24(2)15-8-11(7-12(9-15)17(18,19)20)10-22-16(25)23-14-5-3-13(21)4-6-14/h3-9H,10,21H2,1-2H3,(H2,22,23,25). The van der Waals surface area contributed by atoms with Crippen LogP contribution < -0.4 is 21.3 Å². The van der Waals surface area contributed by atoms with Crippen LogP contribution in [-0.2, 0) is 12.7 Å². The molecule has 0 aliphatic heterocycles. The van der Waals surface area contributed by atoms with Gasteiger partial charge in [0.2, 0.25) is 0 Å². The van der Waals surface area contributed by atoms with E-state index in [0.29, 0.717) is 22.1 Å². The Morgan fingerprint density at radius 2 is 1.76 bits per heavy atom. The summed E-state index contributed by atoms with van der Waals surface area (Å²) in [6, 6.07) is 10.9. The van der Waals surface area contributed by atoms with Crippen LogP contribution in [0.1, 0.15) is 11.1 Å². The summed E-state index contributed by atoms with van der Waals surface area (Å²) in [6.45, 7) is 0.172. The van der Waals surface area contributed by atoms with Crippen LogP contribution in [0.25, 0.3) is 0 Å². The van der Waals surface area contributed by atoms with Gasteiger partial charge in [0.15, 0.2) is 5.11 Å². The second kappa shape index (κ2) is 7.60. The minimum Gasteiger partial charge on any atom is -0.399 e. The van der Waals surface area contributed by atoms with E-state index in [2.05, 4.69) is 10.6 Å². The van der Waals surface area contributed by atoms with Gasteiger partial charge in [-0.15, -0.1) is 0 Å². The van der Waals surface area contributed by atoms with E-state index in [4.69, 9.17) is 18.0 Å². The maximum Gasteiger partial charge on any atom is 0.416 e. The third-order valence-electron chi connectivity index (χ3n) is 3.44. The van der Waals surface area contributed by atoms with Crippen molar-refractivity contribution in [2.75, 3.05) is 30.0 Å². The smallest absolute Gasteiger partial charge is 0.399 e. The monoisotopic (exact) mass is 368 g/mol. The van der Waals surface area contributed by atoms with E-state index in [1.54, 1.807) is 49.3 Å². The molecule has 0 aliphatic carbocycles. The van der Waals surface area contributed by atoms with E-state index in [1.165, 1.54) is 0 Å². The molecule has 0 saturated carbocycles. The SMILES string of the molecule is CN(C)c1cc(CNC(=S)Nc2ccc(N)cc2)cc(C(F)(F)F)c1. The fourth-order valence-electron chi connectivity index (χ4n) is 2.12. The minimum absolute atomic E-state index is 0.172. The lowest BCUT2D eigenvalue weighted by molar-refractivity contribution is -0.137. The zero-order valence-electron chi connectivity index (χ0n) is 13.8. The number of nitrogens with one attached hydrogen (secondary N) is 2. The van der Waals surface area contributed by atoms with E-state index >= 15 is 0 Å². The summed E-state index contributed by atoms with van der Waals surface area (Å²) < 4.78 is 39.1. The molecule has 25 heavy (non-hydrogen) atoms. The van der Waals surface area contributed by atoms with E-state index in [-0.39, 0.29) is 6.54 Å². The Labute approximate surface area is 149 Å². The van der Waals surface area contributed by atoms with Gasteiger partial charge in [0.1, 0.15) is 0 Å². The van der Waals surface area contributed by atoms with Gasteiger partial charge in [-0.1, -0.05) is 0 Å². The Bertz CT molecular complexity index is 743. The van der Waals surface area contributed by atoms with E-state index in [0.717, 1.165) is 17.8 Å². The molecular weight excluding hydrogens is 349 g/mol. The van der Waals surface area contributed by atoms with Gasteiger partial charge in [-0.2, -0.15) is 13.2 Å². The number of benzene rings is 2. The van der Waals surface area contributed by atoms with E-state index in [1.807, 2.05) is 0 Å². The van der Waals surface area contributed by atoms with Crippen LogP contribution in [-0.4, -0.2) is 19.2 Å². The maximum atomic E-state index is 13.0. The van der Waals surface area contributed by atoms with Crippen molar-refractivity contribution in [3.63, 3.8) is 0 Å².